The summed E-state index contributed by atoms with van der Waals surface area (Å²) in [6, 6.07) is 45.3. The van der Waals surface area contributed by atoms with Crippen LogP contribution < -0.4 is 5.32 Å². The smallest absolute Gasteiger partial charge is 0.0488 e. The highest BCUT2D eigenvalue weighted by atomic mass is 14.9. The van der Waals surface area contributed by atoms with E-state index >= 15 is 0 Å². The zero-order valence-corrected chi connectivity index (χ0v) is 24.9. The molecule has 6 rings (SSSR count). The van der Waals surface area contributed by atoms with E-state index in [-0.39, 0.29) is 12.0 Å². The van der Waals surface area contributed by atoms with Gasteiger partial charge < -0.3 is 5.32 Å². The van der Waals surface area contributed by atoms with Crippen LogP contribution in [0.3, 0.4) is 0 Å². The predicted molar refractivity (Wildman–Crippen MR) is 185 cm³/mol. The van der Waals surface area contributed by atoms with Crippen LogP contribution in [0, 0.1) is 6.92 Å². The monoisotopic (exact) mass is 555 g/mol. The number of nitrogens with one attached hydrogen (secondary N) is 1. The second kappa shape index (κ2) is 12.4. The first-order chi connectivity index (χ1) is 21.0. The lowest BCUT2D eigenvalue weighted by Crippen LogP contribution is -2.20. The zero-order chi connectivity index (χ0) is 29.8. The molecule has 0 bridgehead atoms. The highest BCUT2D eigenvalue weighted by Crippen LogP contribution is 2.44. The molecule has 0 heterocycles. The van der Waals surface area contributed by atoms with Crippen molar-refractivity contribution in [3.8, 4) is 22.3 Å². The van der Waals surface area contributed by atoms with Crippen molar-refractivity contribution < 1.29 is 0 Å². The first-order valence-corrected chi connectivity index (χ1v) is 14.9. The number of hydrogen-bond acceptors (Lipinski definition) is 1. The zero-order valence-electron chi connectivity index (χ0n) is 24.9. The van der Waals surface area contributed by atoms with Crippen LogP contribution in [0.2, 0.25) is 0 Å². The van der Waals surface area contributed by atoms with Crippen molar-refractivity contribution in [1.82, 2.24) is 5.32 Å². The van der Waals surface area contributed by atoms with Crippen LogP contribution in [0.25, 0.3) is 33.5 Å². The Balaban J connectivity index is 1.29. The maximum absolute atomic E-state index is 4.53. The maximum atomic E-state index is 4.53. The molecule has 1 N–H and O–H groups in total. The molecule has 5 aromatic rings. The molecule has 2 unspecified atom stereocenters. The van der Waals surface area contributed by atoms with Crippen LogP contribution in [-0.2, 0) is 0 Å². The minimum absolute atomic E-state index is 0.0615. The van der Waals surface area contributed by atoms with Crippen molar-refractivity contribution in [1.29, 1.82) is 0 Å². The predicted octanol–water partition coefficient (Wildman–Crippen LogP) is 10.9. The van der Waals surface area contributed by atoms with E-state index in [4.69, 9.17) is 0 Å². The van der Waals surface area contributed by atoms with Crippen molar-refractivity contribution in [3.63, 3.8) is 0 Å². The molecule has 1 nitrogen and oxygen atoms in total. The minimum Gasteiger partial charge on any atom is -0.379 e. The van der Waals surface area contributed by atoms with Gasteiger partial charge in [0.15, 0.2) is 0 Å². The fraction of sp³-hybridized carbons (Fsp3) is 0.0952. The summed E-state index contributed by atoms with van der Waals surface area (Å²) in [5.74, 6) is 0.0615. The molecule has 0 spiro atoms. The minimum atomic E-state index is 0.0615. The van der Waals surface area contributed by atoms with E-state index in [0.717, 1.165) is 16.8 Å². The lowest BCUT2D eigenvalue weighted by Gasteiger charge is -2.31. The molecule has 2 atom stereocenters. The lowest BCUT2D eigenvalue weighted by molar-refractivity contribution is 0.689. The Morgan fingerprint density at radius 3 is 1.79 bits per heavy atom. The van der Waals surface area contributed by atoms with Crippen molar-refractivity contribution in [2.45, 2.75) is 25.8 Å². The third kappa shape index (κ3) is 5.94. The van der Waals surface area contributed by atoms with Gasteiger partial charge in [-0.25, -0.2) is 0 Å². The van der Waals surface area contributed by atoms with E-state index in [0.29, 0.717) is 0 Å². The number of aryl methyl sites for hydroxylation is 1. The van der Waals surface area contributed by atoms with E-state index in [1.54, 1.807) is 0 Å². The lowest BCUT2D eigenvalue weighted by atomic mass is 9.75. The number of allylic oxidation sites excluding steroid dienone is 5. The molecule has 43 heavy (non-hydrogen) atoms. The van der Waals surface area contributed by atoms with Gasteiger partial charge in [0.05, 0.1) is 0 Å². The van der Waals surface area contributed by atoms with Crippen LogP contribution in [0.5, 0.6) is 0 Å². The Kier molecular flexibility index (Phi) is 8.07. The second-order valence-electron chi connectivity index (χ2n) is 11.3. The average molecular weight is 556 g/mol. The first-order valence-electron chi connectivity index (χ1n) is 14.9. The van der Waals surface area contributed by atoms with Crippen LogP contribution in [-0.4, -0.2) is 0 Å². The molecular formula is C42H37N. The fourth-order valence-electron chi connectivity index (χ4n) is 6.15. The van der Waals surface area contributed by atoms with Gasteiger partial charge in [-0.05, 0) is 75.1 Å². The highest BCUT2D eigenvalue weighted by Gasteiger charge is 2.27. The van der Waals surface area contributed by atoms with Crippen LogP contribution >= 0.6 is 0 Å². The molecule has 1 aliphatic carbocycles. The Bertz CT molecular complexity index is 1800. The molecule has 0 saturated carbocycles. The Morgan fingerprint density at radius 1 is 0.651 bits per heavy atom. The first kappa shape index (κ1) is 28.0. The van der Waals surface area contributed by atoms with E-state index < -0.39 is 0 Å². The van der Waals surface area contributed by atoms with Gasteiger partial charge in [-0.1, -0.05) is 159 Å². The van der Waals surface area contributed by atoms with Crippen LogP contribution in [0.1, 0.15) is 46.7 Å². The number of benzene rings is 5. The molecular weight excluding hydrogens is 518 g/mol. The van der Waals surface area contributed by atoms with Gasteiger partial charge >= 0.3 is 0 Å². The molecule has 1 aliphatic rings. The Hall–Kier alpha value is -5.14. The Labute approximate surface area is 256 Å². The summed E-state index contributed by atoms with van der Waals surface area (Å²) < 4.78 is 0. The summed E-state index contributed by atoms with van der Waals surface area (Å²) >= 11 is 0. The molecule has 1 heteroatoms. The van der Waals surface area contributed by atoms with E-state index in [9.17, 15) is 0 Å². The van der Waals surface area contributed by atoms with Crippen molar-refractivity contribution in [3.05, 3.63) is 192 Å². The number of rotatable bonds is 8. The average Bonchev–Trinajstić information content (AvgIpc) is 3.06. The third-order valence-corrected chi connectivity index (χ3v) is 8.44. The summed E-state index contributed by atoms with van der Waals surface area (Å²) in [4.78, 5) is 0. The summed E-state index contributed by atoms with van der Waals surface area (Å²) in [7, 11) is 0. The summed E-state index contributed by atoms with van der Waals surface area (Å²) in [6.45, 7) is 13.3. The van der Waals surface area contributed by atoms with Gasteiger partial charge in [0.25, 0.3) is 0 Å². The standard InChI is InChI=1S/C42H37N/c1-29-13-11-19-39(32(4)43-31(3)33-15-7-5-8-16-33)41(29)42-30(2)14-12-20-40(42)38-27-25-37(26-28-38)36-23-21-35(22-24-36)34-17-9-6-10-18-34/h5-28,32,42-43H,2-3H2,1,4H3. The summed E-state index contributed by atoms with van der Waals surface area (Å²) in [5.41, 5.74) is 14.3. The highest BCUT2D eigenvalue weighted by molar-refractivity contribution is 5.81. The number of hydrogen-bond donors (Lipinski definition) is 1. The van der Waals surface area contributed by atoms with Crippen molar-refractivity contribution >= 4 is 11.3 Å². The second-order valence-corrected chi connectivity index (χ2v) is 11.3. The summed E-state index contributed by atoms with van der Waals surface area (Å²) in [6.07, 6.45) is 6.52. The van der Waals surface area contributed by atoms with Gasteiger partial charge in [-0.15, -0.1) is 0 Å². The largest absolute Gasteiger partial charge is 0.379 e. The molecule has 0 radical (unpaired) electrons. The van der Waals surface area contributed by atoms with Gasteiger partial charge in [-0.2, -0.15) is 0 Å². The van der Waals surface area contributed by atoms with Crippen molar-refractivity contribution in [2.24, 2.45) is 0 Å². The van der Waals surface area contributed by atoms with E-state index in [1.165, 1.54) is 50.1 Å². The third-order valence-electron chi connectivity index (χ3n) is 8.44. The van der Waals surface area contributed by atoms with Gasteiger partial charge in [0, 0.05) is 17.7 Å². The molecule has 0 aliphatic heterocycles. The van der Waals surface area contributed by atoms with Gasteiger partial charge in [-0.3, -0.25) is 0 Å². The molecule has 5 aromatic carbocycles. The van der Waals surface area contributed by atoms with Crippen LogP contribution in [0.4, 0.5) is 0 Å². The topological polar surface area (TPSA) is 12.0 Å². The molecule has 0 fully saturated rings. The van der Waals surface area contributed by atoms with Gasteiger partial charge in [0.1, 0.15) is 0 Å². The molecule has 0 saturated heterocycles. The van der Waals surface area contributed by atoms with Crippen LogP contribution in [0.15, 0.2) is 164 Å². The SMILES string of the molecule is C=C(NC(C)c1cccc(C)c1C1C(=C)C=CC=C1c1ccc(-c2ccc(-c3ccccc3)cc2)cc1)c1ccccc1. The van der Waals surface area contributed by atoms with Gasteiger partial charge in [0.2, 0.25) is 0 Å². The van der Waals surface area contributed by atoms with E-state index in [1.807, 2.05) is 18.2 Å². The quantitative estimate of drug-likeness (QED) is 0.201. The maximum Gasteiger partial charge on any atom is 0.0488 e. The normalized spacial score (nSPS) is 15.1. The molecule has 0 aromatic heterocycles. The van der Waals surface area contributed by atoms with Crippen molar-refractivity contribution in [2.75, 3.05) is 0 Å². The molecule has 210 valence electrons. The fourth-order valence-corrected chi connectivity index (χ4v) is 6.15. The Morgan fingerprint density at radius 2 is 1.19 bits per heavy atom. The molecule has 0 amide bonds. The summed E-state index contributed by atoms with van der Waals surface area (Å²) in [5, 5.41) is 3.67. The van der Waals surface area contributed by atoms with E-state index in [2.05, 4.69) is 160 Å².